The molecule has 1 radical (unpaired) electrons. The van der Waals surface area contributed by atoms with Crippen LogP contribution in [0.25, 0.3) is 0 Å². The number of nitrogens with one attached hydrogen (secondary N) is 1. The summed E-state index contributed by atoms with van der Waals surface area (Å²) in [5, 5.41) is 6.61. The summed E-state index contributed by atoms with van der Waals surface area (Å²) < 4.78 is 21.3. The van der Waals surface area contributed by atoms with E-state index in [0.717, 1.165) is 11.3 Å². The molecule has 3 nitrogen and oxygen atoms in total. The Hall–Kier alpha value is -0.100. The maximum Gasteiger partial charge on any atom is 0.263 e. The fraction of sp³-hybridized carbons (Fsp3) is 0. The molecule has 1 heterocycles. The smallest absolute Gasteiger partial charge is 0.205 e. The lowest BCUT2D eigenvalue weighted by molar-refractivity contribution is 0.598. The average Bonchev–Trinajstić information content (AvgIpc) is 2.11. The highest BCUT2D eigenvalue weighted by Gasteiger charge is 2.10. The van der Waals surface area contributed by atoms with Crippen molar-refractivity contribution >= 4 is 33.0 Å². The minimum Gasteiger partial charge on any atom is -0.205 e. The predicted molar refractivity (Wildman–Crippen MR) is 39.6 cm³/mol. The summed E-state index contributed by atoms with van der Waals surface area (Å²) in [5.74, 6) is 0. The largest absolute Gasteiger partial charge is 0.263 e. The fourth-order valence-electron chi connectivity index (χ4n) is 0.442. The van der Waals surface area contributed by atoms with Crippen LogP contribution in [0.15, 0.2) is 16.3 Å². The van der Waals surface area contributed by atoms with E-state index in [2.05, 4.69) is 0 Å². The Morgan fingerprint density at radius 1 is 1.50 bits per heavy atom. The second-order valence-electron chi connectivity index (χ2n) is 1.56. The van der Waals surface area contributed by atoms with Crippen LogP contribution in [-0.2, 0) is 10.0 Å². The highest BCUT2D eigenvalue weighted by molar-refractivity contribution is 7.91. The summed E-state index contributed by atoms with van der Waals surface area (Å²) in [6, 6.07) is 2.77. The van der Waals surface area contributed by atoms with Gasteiger partial charge in [0.1, 0.15) is 4.21 Å². The van der Waals surface area contributed by atoms with Gasteiger partial charge in [0.05, 0.1) is 4.34 Å². The summed E-state index contributed by atoms with van der Waals surface area (Å²) >= 11 is 6.32. The van der Waals surface area contributed by atoms with Crippen molar-refractivity contribution in [1.29, 1.82) is 0 Å². The maximum absolute atomic E-state index is 10.5. The Morgan fingerprint density at radius 2 is 2.10 bits per heavy atom. The third kappa shape index (κ3) is 1.69. The Kier molecular flexibility index (Phi) is 2.00. The molecule has 0 aliphatic heterocycles. The lowest BCUT2D eigenvalue weighted by atomic mass is 10.7. The van der Waals surface area contributed by atoms with Gasteiger partial charge in [-0.2, -0.15) is 0 Å². The van der Waals surface area contributed by atoms with E-state index in [4.69, 9.17) is 16.7 Å². The number of rotatable bonds is 1. The van der Waals surface area contributed by atoms with Gasteiger partial charge in [0, 0.05) is 0 Å². The molecule has 0 fully saturated rings. The van der Waals surface area contributed by atoms with Crippen LogP contribution < -0.4 is 5.14 Å². The fourth-order valence-corrected chi connectivity index (χ4v) is 2.31. The molecular weight excluding hydrogens is 194 g/mol. The number of hydrogen-bond acceptors (Lipinski definition) is 3. The molecule has 10 heavy (non-hydrogen) atoms. The van der Waals surface area contributed by atoms with E-state index in [-0.39, 0.29) is 4.21 Å². The molecule has 0 unspecified atom stereocenters. The zero-order valence-electron chi connectivity index (χ0n) is 4.67. The van der Waals surface area contributed by atoms with Crippen molar-refractivity contribution in [2.24, 2.45) is 0 Å². The van der Waals surface area contributed by atoms with Crippen molar-refractivity contribution in [3.8, 4) is 0 Å². The minimum atomic E-state index is -3.80. The van der Waals surface area contributed by atoms with Crippen molar-refractivity contribution in [1.82, 2.24) is 5.14 Å². The van der Waals surface area contributed by atoms with Crippen LogP contribution in [0.4, 0.5) is 0 Å². The topological polar surface area (TPSA) is 57.9 Å². The van der Waals surface area contributed by atoms with Gasteiger partial charge in [-0.3, -0.25) is 0 Å². The first-order valence-electron chi connectivity index (χ1n) is 2.25. The van der Waals surface area contributed by atoms with Gasteiger partial charge >= 0.3 is 0 Å². The molecule has 0 aromatic carbocycles. The standard InChI is InChI=1S/C4H3ClNO2S2/c5-3-1-2-4(9-3)10(6,7)8/h1-2,6H. The van der Waals surface area contributed by atoms with Gasteiger partial charge in [-0.05, 0) is 12.1 Å². The third-order valence-electron chi connectivity index (χ3n) is 0.813. The van der Waals surface area contributed by atoms with E-state index >= 15 is 0 Å². The lowest BCUT2D eigenvalue weighted by Gasteiger charge is -1.85. The molecule has 1 N–H and O–H groups in total. The first-order chi connectivity index (χ1) is 4.50. The number of hydrogen-bond donors (Lipinski definition) is 0. The molecule has 1 aromatic heterocycles. The van der Waals surface area contributed by atoms with Crippen LogP contribution in [-0.4, -0.2) is 8.42 Å². The first-order valence-corrected chi connectivity index (χ1v) is 4.93. The van der Waals surface area contributed by atoms with Crippen molar-refractivity contribution < 1.29 is 8.42 Å². The summed E-state index contributed by atoms with van der Waals surface area (Å²) in [4.78, 5) is 0. The van der Waals surface area contributed by atoms with Gasteiger partial charge in [0.25, 0.3) is 10.0 Å². The molecule has 0 saturated heterocycles. The van der Waals surface area contributed by atoms with E-state index in [0.29, 0.717) is 4.34 Å². The van der Waals surface area contributed by atoms with Crippen LogP contribution in [0.2, 0.25) is 4.34 Å². The second kappa shape index (κ2) is 2.50. The van der Waals surface area contributed by atoms with Crippen LogP contribution in [0.5, 0.6) is 0 Å². The SMILES string of the molecule is [NH]S(=O)(=O)c1ccc(Cl)s1. The normalized spacial score (nSPS) is 11.8. The molecule has 6 heteroatoms. The Bertz CT molecular complexity index is 329. The highest BCUT2D eigenvalue weighted by atomic mass is 35.5. The van der Waals surface area contributed by atoms with Crippen molar-refractivity contribution in [3.05, 3.63) is 16.5 Å². The zero-order chi connectivity index (χ0) is 7.78. The third-order valence-corrected chi connectivity index (χ3v) is 3.41. The number of thiophene rings is 1. The Morgan fingerprint density at radius 3 is 2.30 bits per heavy atom. The average molecular weight is 197 g/mol. The molecule has 0 aliphatic rings. The summed E-state index contributed by atoms with van der Waals surface area (Å²) in [7, 11) is -3.80. The number of sulfonamides is 1. The Labute approximate surface area is 67.5 Å². The minimum absolute atomic E-state index is 0.0162. The van der Waals surface area contributed by atoms with Gasteiger partial charge in [-0.1, -0.05) is 11.6 Å². The van der Waals surface area contributed by atoms with E-state index in [1.807, 2.05) is 0 Å². The van der Waals surface area contributed by atoms with E-state index in [9.17, 15) is 8.42 Å². The van der Waals surface area contributed by atoms with Crippen LogP contribution in [0, 0.1) is 0 Å². The van der Waals surface area contributed by atoms with Crippen molar-refractivity contribution in [2.75, 3.05) is 0 Å². The quantitative estimate of drug-likeness (QED) is 0.681. The second-order valence-corrected chi connectivity index (χ2v) is 4.98. The van der Waals surface area contributed by atoms with Crippen molar-refractivity contribution in [3.63, 3.8) is 0 Å². The molecule has 0 aliphatic carbocycles. The number of halogens is 1. The van der Waals surface area contributed by atoms with Crippen LogP contribution >= 0.6 is 22.9 Å². The van der Waals surface area contributed by atoms with Gasteiger partial charge in [0.2, 0.25) is 0 Å². The molecule has 0 amide bonds. The highest BCUT2D eigenvalue weighted by Crippen LogP contribution is 2.24. The molecule has 0 spiro atoms. The van der Waals surface area contributed by atoms with E-state index in [1.54, 1.807) is 0 Å². The molecule has 1 rings (SSSR count). The predicted octanol–water partition coefficient (Wildman–Crippen LogP) is 1.37. The molecule has 1 aromatic rings. The van der Waals surface area contributed by atoms with Gasteiger partial charge in [0.15, 0.2) is 0 Å². The lowest BCUT2D eigenvalue weighted by Crippen LogP contribution is -1.96. The summed E-state index contributed by atoms with van der Waals surface area (Å²) in [6.07, 6.45) is 0. The molecule has 0 saturated carbocycles. The van der Waals surface area contributed by atoms with Gasteiger partial charge in [-0.15, -0.1) is 16.5 Å². The summed E-state index contributed by atoms with van der Waals surface area (Å²) in [6.45, 7) is 0. The van der Waals surface area contributed by atoms with Crippen LogP contribution in [0.3, 0.4) is 0 Å². The van der Waals surface area contributed by atoms with Crippen LogP contribution in [0.1, 0.15) is 0 Å². The van der Waals surface area contributed by atoms with Crippen molar-refractivity contribution in [2.45, 2.75) is 4.21 Å². The molecular formula is C4H3ClNO2S2. The molecule has 55 valence electrons. The maximum atomic E-state index is 10.5. The zero-order valence-corrected chi connectivity index (χ0v) is 7.05. The van der Waals surface area contributed by atoms with E-state index in [1.165, 1.54) is 12.1 Å². The Balaban J connectivity index is 3.21. The summed E-state index contributed by atoms with van der Waals surface area (Å²) in [5.41, 5.74) is 0. The molecule has 0 atom stereocenters. The van der Waals surface area contributed by atoms with E-state index < -0.39 is 10.0 Å². The first kappa shape index (κ1) is 8.00. The van der Waals surface area contributed by atoms with Gasteiger partial charge in [-0.25, -0.2) is 8.42 Å². The molecule has 0 bridgehead atoms. The monoisotopic (exact) mass is 196 g/mol. The van der Waals surface area contributed by atoms with Gasteiger partial charge < -0.3 is 0 Å².